The summed E-state index contributed by atoms with van der Waals surface area (Å²) in [6.07, 6.45) is 3.47. The number of hydrogen-bond acceptors (Lipinski definition) is 3. The van der Waals surface area contributed by atoms with Gasteiger partial charge in [0, 0.05) is 12.7 Å². The Morgan fingerprint density at radius 1 is 1.47 bits per heavy atom. The third kappa shape index (κ3) is 2.38. The van der Waals surface area contributed by atoms with Gasteiger partial charge in [0.2, 0.25) is 0 Å². The second kappa shape index (κ2) is 5.09. The smallest absolute Gasteiger partial charge is 0.326 e. The summed E-state index contributed by atoms with van der Waals surface area (Å²) in [5.74, 6) is 0.745. The fraction of sp³-hybridized carbons (Fsp3) is 0.500. The Morgan fingerprint density at radius 3 is 3.11 bits per heavy atom. The number of hydrogen-bond donors (Lipinski definition) is 1. The van der Waals surface area contributed by atoms with Crippen LogP contribution in [0.3, 0.4) is 0 Å². The number of nitrogens with one attached hydrogen (secondary N) is 1. The summed E-state index contributed by atoms with van der Waals surface area (Å²) < 4.78 is 12.6. The standard InChI is InChI=1S/C14H18N2O3/c1-18-10-5-6-13-12(8-10)15-14(17)16(13)9-11-4-2-3-7-19-11/h5-6,8,11H,2-4,7,9H2,1H3,(H,15,17). The Labute approximate surface area is 111 Å². The Hall–Kier alpha value is -1.75. The molecule has 0 aliphatic carbocycles. The van der Waals surface area contributed by atoms with Gasteiger partial charge in [-0.25, -0.2) is 4.79 Å². The molecule has 1 unspecified atom stereocenters. The third-order valence-electron chi connectivity index (χ3n) is 3.64. The molecule has 1 aromatic heterocycles. The van der Waals surface area contributed by atoms with E-state index in [2.05, 4.69) is 4.98 Å². The lowest BCUT2D eigenvalue weighted by Gasteiger charge is -2.22. The number of H-pyrrole nitrogens is 1. The van der Waals surface area contributed by atoms with Crippen LogP contribution in [0.4, 0.5) is 0 Å². The molecule has 3 rings (SSSR count). The first kappa shape index (κ1) is 12.3. The molecule has 1 saturated heterocycles. The summed E-state index contributed by atoms with van der Waals surface area (Å²) in [5.41, 5.74) is 1.62. The lowest BCUT2D eigenvalue weighted by Crippen LogP contribution is -2.29. The van der Waals surface area contributed by atoms with Gasteiger partial charge in [-0.05, 0) is 31.4 Å². The van der Waals surface area contributed by atoms with Gasteiger partial charge >= 0.3 is 5.69 Å². The first-order valence-corrected chi connectivity index (χ1v) is 6.66. The number of methoxy groups -OCH3 is 1. The normalized spacial score (nSPS) is 19.7. The molecule has 1 N–H and O–H groups in total. The molecule has 0 spiro atoms. The number of imidazole rings is 1. The first-order valence-electron chi connectivity index (χ1n) is 6.66. The van der Waals surface area contributed by atoms with E-state index in [1.165, 1.54) is 6.42 Å². The van der Waals surface area contributed by atoms with Gasteiger partial charge in [0.05, 0.1) is 30.8 Å². The first-order chi connectivity index (χ1) is 9.28. The molecule has 5 heteroatoms. The van der Waals surface area contributed by atoms with Crippen LogP contribution in [0.1, 0.15) is 19.3 Å². The summed E-state index contributed by atoms with van der Waals surface area (Å²) in [4.78, 5) is 14.9. The average Bonchev–Trinajstić information content (AvgIpc) is 2.75. The number of aromatic amines is 1. The van der Waals surface area contributed by atoms with Crippen molar-refractivity contribution in [1.29, 1.82) is 0 Å². The number of rotatable bonds is 3. The minimum Gasteiger partial charge on any atom is -0.497 e. The maximum absolute atomic E-state index is 12.0. The fourth-order valence-corrected chi connectivity index (χ4v) is 2.61. The van der Waals surface area contributed by atoms with Crippen molar-refractivity contribution in [3.05, 3.63) is 28.7 Å². The predicted molar refractivity (Wildman–Crippen MR) is 72.7 cm³/mol. The van der Waals surface area contributed by atoms with Crippen LogP contribution in [0.15, 0.2) is 23.0 Å². The lowest BCUT2D eigenvalue weighted by atomic mass is 10.1. The number of nitrogens with zero attached hydrogens (tertiary/aromatic N) is 1. The van der Waals surface area contributed by atoms with Gasteiger partial charge < -0.3 is 14.5 Å². The zero-order chi connectivity index (χ0) is 13.2. The van der Waals surface area contributed by atoms with E-state index < -0.39 is 0 Å². The highest BCUT2D eigenvalue weighted by atomic mass is 16.5. The minimum absolute atomic E-state index is 0.0857. The molecular weight excluding hydrogens is 244 g/mol. The van der Waals surface area contributed by atoms with Gasteiger partial charge in [-0.3, -0.25) is 4.57 Å². The van der Waals surface area contributed by atoms with Crippen molar-refractivity contribution in [2.75, 3.05) is 13.7 Å². The van der Waals surface area contributed by atoms with Crippen LogP contribution in [0.5, 0.6) is 5.75 Å². The van der Waals surface area contributed by atoms with Gasteiger partial charge in [0.25, 0.3) is 0 Å². The zero-order valence-corrected chi connectivity index (χ0v) is 11.0. The molecule has 0 amide bonds. The van der Waals surface area contributed by atoms with Gasteiger partial charge in [-0.2, -0.15) is 0 Å². The van der Waals surface area contributed by atoms with Crippen molar-refractivity contribution in [3.63, 3.8) is 0 Å². The fourth-order valence-electron chi connectivity index (χ4n) is 2.61. The van der Waals surface area contributed by atoms with E-state index in [0.717, 1.165) is 36.2 Å². The van der Waals surface area contributed by atoms with Gasteiger partial charge in [0.1, 0.15) is 5.75 Å². The average molecular weight is 262 g/mol. The van der Waals surface area contributed by atoms with Gasteiger partial charge in [-0.1, -0.05) is 0 Å². The summed E-state index contributed by atoms with van der Waals surface area (Å²) in [6.45, 7) is 1.42. The molecule has 0 radical (unpaired) electrons. The van der Waals surface area contributed by atoms with Crippen LogP contribution in [0, 0.1) is 0 Å². The van der Waals surface area contributed by atoms with Crippen LogP contribution in [-0.4, -0.2) is 29.4 Å². The summed E-state index contributed by atoms with van der Waals surface area (Å²) in [5, 5.41) is 0. The van der Waals surface area contributed by atoms with E-state index in [4.69, 9.17) is 9.47 Å². The van der Waals surface area contributed by atoms with Crippen LogP contribution in [-0.2, 0) is 11.3 Å². The predicted octanol–water partition coefficient (Wildman–Crippen LogP) is 1.91. The van der Waals surface area contributed by atoms with Gasteiger partial charge in [-0.15, -0.1) is 0 Å². The Morgan fingerprint density at radius 2 is 2.37 bits per heavy atom. The monoisotopic (exact) mass is 262 g/mol. The maximum Gasteiger partial charge on any atom is 0.326 e. The number of fused-ring (bicyclic) bond motifs is 1. The molecule has 1 aromatic carbocycles. The molecule has 1 fully saturated rings. The number of ether oxygens (including phenoxy) is 2. The Balaban J connectivity index is 1.93. The van der Waals surface area contributed by atoms with Crippen LogP contribution in [0.2, 0.25) is 0 Å². The molecule has 2 aromatic rings. The molecular formula is C14H18N2O3. The molecule has 1 aliphatic rings. The summed E-state index contributed by atoms with van der Waals surface area (Å²) in [7, 11) is 1.62. The maximum atomic E-state index is 12.0. The zero-order valence-electron chi connectivity index (χ0n) is 11.0. The second-order valence-electron chi connectivity index (χ2n) is 4.91. The van der Waals surface area contributed by atoms with Crippen molar-refractivity contribution in [2.45, 2.75) is 31.9 Å². The molecule has 102 valence electrons. The molecule has 2 heterocycles. The van der Waals surface area contributed by atoms with Crippen molar-refractivity contribution < 1.29 is 9.47 Å². The molecule has 19 heavy (non-hydrogen) atoms. The van der Waals surface area contributed by atoms with Crippen molar-refractivity contribution in [2.24, 2.45) is 0 Å². The second-order valence-corrected chi connectivity index (χ2v) is 4.91. The highest BCUT2D eigenvalue weighted by Crippen LogP contribution is 2.20. The third-order valence-corrected chi connectivity index (χ3v) is 3.64. The van der Waals surface area contributed by atoms with E-state index in [1.807, 2.05) is 18.2 Å². The van der Waals surface area contributed by atoms with E-state index in [-0.39, 0.29) is 11.8 Å². The van der Waals surface area contributed by atoms with Crippen molar-refractivity contribution in [3.8, 4) is 5.75 Å². The molecule has 1 aliphatic heterocycles. The van der Waals surface area contributed by atoms with Crippen LogP contribution < -0.4 is 10.4 Å². The highest BCUT2D eigenvalue weighted by Gasteiger charge is 2.17. The minimum atomic E-state index is -0.0857. The van der Waals surface area contributed by atoms with Crippen LogP contribution >= 0.6 is 0 Å². The van der Waals surface area contributed by atoms with Crippen LogP contribution in [0.25, 0.3) is 11.0 Å². The summed E-state index contributed by atoms with van der Waals surface area (Å²) in [6, 6.07) is 5.62. The van der Waals surface area contributed by atoms with E-state index in [0.29, 0.717) is 6.54 Å². The quantitative estimate of drug-likeness (QED) is 0.919. The van der Waals surface area contributed by atoms with E-state index >= 15 is 0 Å². The summed E-state index contributed by atoms with van der Waals surface area (Å²) >= 11 is 0. The number of aromatic nitrogens is 2. The number of benzene rings is 1. The van der Waals surface area contributed by atoms with E-state index in [9.17, 15) is 4.79 Å². The lowest BCUT2D eigenvalue weighted by molar-refractivity contribution is 0.00613. The van der Waals surface area contributed by atoms with Crippen molar-refractivity contribution >= 4 is 11.0 Å². The van der Waals surface area contributed by atoms with Gasteiger partial charge in [0.15, 0.2) is 0 Å². The SMILES string of the molecule is COc1ccc2c(c1)[nH]c(=O)n2CC1CCCCO1. The Bertz CT molecular complexity index is 623. The molecule has 0 bridgehead atoms. The van der Waals surface area contributed by atoms with E-state index in [1.54, 1.807) is 11.7 Å². The largest absolute Gasteiger partial charge is 0.497 e. The molecule has 5 nitrogen and oxygen atoms in total. The molecule has 1 atom stereocenters. The van der Waals surface area contributed by atoms with Crippen molar-refractivity contribution in [1.82, 2.24) is 9.55 Å². The topological polar surface area (TPSA) is 56.2 Å². The Kier molecular flexibility index (Phi) is 3.29. The highest BCUT2D eigenvalue weighted by molar-refractivity contribution is 5.76. The molecule has 0 saturated carbocycles.